The van der Waals surface area contributed by atoms with Crippen molar-refractivity contribution in [2.75, 3.05) is 17.4 Å². The number of hydrogen-bond donors (Lipinski definition) is 1. The molecule has 0 unspecified atom stereocenters. The van der Waals surface area contributed by atoms with E-state index in [9.17, 15) is 18.0 Å². The minimum atomic E-state index is -4.14. The van der Waals surface area contributed by atoms with E-state index in [-0.39, 0.29) is 29.7 Å². The Morgan fingerprint density at radius 1 is 0.778 bits per heavy atom. The van der Waals surface area contributed by atoms with Crippen molar-refractivity contribution in [3.63, 3.8) is 0 Å². The van der Waals surface area contributed by atoms with Crippen LogP contribution in [0.5, 0.6) is 0 Å². The van der Waals surface area contributed by atoms with E-state index in [1.54, 1.807) is 30.3 Å². The molecule has 236 valence electrons. The molecule has 1 atom stereocenters. The lowest BCUT2D eigenvalue weighted by Gasteiger charge is -2.34. The number of carbonyl (C=O) groups excluding carboxylic acids is 2. The van der Waals surface area contributed by atoms with Crippen LogP contribution in [-0.4, -0.2) is 44.3 Å². The van der Waals surface area contributed by atoms with Crippen molar-refractivity contribution in [3.05, 3.63) is 131 Å². The van der Waals surface area contributed by atoms with Gasteiger partial charge in [-0.3, -0.25) is 13.9 Å². The molecule has 1 N–H and O–H groups in total. The van der Waals surface area contributed by atoms with Crippen LogP contribution in [0.4, 0.5) is 5.69 Å². The maximum absolute atomic E-state index is 14.6. The van der Waals surface area contributed by atoms with E-state index in [4.69, 9.17) is 0 Å². The van der Waals surface area contributed by atoms with Crippen molar-refractivity contribution in [2.45, 2.75) is 58.5 Å². The molecule has 0 aliphatic carbocycles. The van der Waals surface area contributed by atoms with Crippen molar-refractivity contribution in [2.24, 2.45) is 5.92 Å². The molecule has 4 rings (SSSR count). The Morgan fingerprint density at radius 3 is 2.04 bits per heavy atom. The standard InChI is InChI=1S/C37H43N3O4S/c1-27(2)24-38-37(42)35(23-31-16-8-6-9-17-31)39(25-32-18-12-14-28(3)22-32)36(41)26-40(34-21-13-15-29(4)30(34)5)45(43,44)33-19-10-7-11-20-33/h6-22,27,35H,23-26H2,1-5H3,(H,38,42)/t35-/m1/s1. The third kappa shape index (κ3) is 8.60. The van der Waals surface area contributed by atoms with Crippen molar-refractivity contribution in [1.82, 2.24) is 10.2 Å². The van der Waals surface area contributed by atoms with Gasteiger partial charge in [0, 0.05) is 19.5 Å². The third-order valence-electron chi connectivity index (χ3n) is 7.85. The number of sulfonamides is 1. The first-order chi connectivity index (χ1) is 21.5. The van der Waals surface area contributed by atoms with Gasteiger partial charge in [0.05, 0.1) is 10.6 Å². The van der Waals surface area contributed by atoms with E-state index in [1.807, 2.05) is 95.3 Å². The monoisotopic (exact) mass is 625 g/mol. The molecule has 8 heteroatoms. The maximum Gasteiger partial charge on any atom is 0.264 e. The third-order valence-corrected chi connectivity index (χ3v) is 9.62. The molecule has 0 radical (unpaired) electrons. The highest BCUT2D eigenvalue weighted by molar-refractivity contribution is 7.92. The fourth-order valence-corrected chi connectivity index (χ4v) is 6.72. The van der Waals surface area contributed by atoms with E-state index < -0.39 is 28.5 Å². The van der Waals surface area contributed by atoms with Crippen molar-refractivity contribution in [3.8, 4) is 0 Å². The van der Waals surface area contributed by atoms with Gasteiger partial charge in [0.1, 0.15) is 12.6 Å². The Bertz CT molecular complexity index is 1710. The van der Waals surface area contributed by atoms with Gasteiger partial charge in [-0.05, 0) is 67.1 Å². The van der Waals surface area contributed by atoms with Crippen LogP contribution < -0.4 is 9.62 Å². The van der Waals surface area contributed by atoms with Gasteiger partial charge >= 0.3 is 0 Å². The second-order valence-electron chi connectivity index (χ2n) is 11.9. The minimum absolute atomic E-state index is 0.0828. The SMILES string of the molecule is Cc1cccc(CN(C(=O)CN(c2cccc(C)c2C)S(=O)(=O)c2ccccc2)[C@H](Cc2ccccc2)C(=O)NCC(C)C)c1. The molecule has 0 heterocycles. The zero-order chi connectivity index (χ0) is 32.6. The van der Waals surface area contributed by atoms with Gasteiger partial charge in [0.25, 0.3) is 10.0 Å². The first kappa shape index (κ1) is 33.5. The summed E-state index contributed by atoms with van der Waals surface area (Å²) >= 11 is 0. The first-order valence-corrected chi connectivity index (χ1v) is 16.7. The Labute approximate surface area is 268 Å². The Morgan fingerprint density at radius 2 is 1.40 bits per heavy atom. The van der Waals surface area contributed by atoms with Crippen molar-refractivity contribution in [1.29, 1.82) is 0 Å². The van der Waals surface area contributed by atoms with Crippen LogP contribution in [0, 0.1) is 26.7 Å². The highest BCUT2D eigenvalue weighted by atomic mass is 32.2. The Kier molecular flexibility index (Phi) is 11.2. The number of benzene rings is 4. The summed E-state index contributed by atoms with van der Waals surface area (Å²) in [5.74, 6) is -0.543. The average molecular weight is 626 g/mol. The molecule has 2 amide bonds. The fourth-order valence-electron chi connectivity index (χ4n) is 5.22. The highest BCUT2D eigenvalue weighted by Crippen LogP contribution is 2.29. The summed E-state index contributed by atoms with van der Waals surface area (Å²) in [4.78, 5) is 30.1. The summed E-state index contributed by atoms with van der Waals surface area (Å²) in [7, 11) is -4.14. The van der Waals surface area contributed by atoms with Crippen LogP contribution in [0.2, 0.25) is 0 Å². The van der Waals surface area contributed by atoms with Crippen molar-refractivity contribution >= 4 is 27.5 Å². The van der Waals surface area contributed by atoms with Gasteiger partial charge in [-0.2, -0.15) is 0 Å². The summed E-state index contributed by atoms with van der Waals surface area (Å²) in [6, 6.07) is 30.0. The predicted octanol–water partition coefficient (Wildman–Crippen LogP) is 6.22. The van der Waals surface area contributed by atoms with Crippen LogP contribution in [0.15, 0.2) is 108 Å². The lowest BCUT2D eigenvalue weighted by molar-refractivity contribution is -0.140. The van der Waals surface area contributed by atoms with E-state index in [0.717, 1.165) is 27.8 Å². The maximum atomic E-state index is 14.6. The van der Waals surface area contributed by atoms with Crippen LogP contribution in [0.1, 0.15) is 41.7 Å². The summed E-state index contributed by atoms with van der Waals surface area (Å²) in [5, 5.41) is 3.03. The van der Waals surface area contributed by atoms with Gasteiger partial charge in [-0.1, -0.05) is 104 Å². The summed E-state index contributed by atoms with van der Waals surface area (Å²) in [5.41, 5.74) is 4.85. The molecule has 0 saturated carbocycles. The van der Waals surface area contributed by atoms with E-state index >= 15 is 0 Å². The van der Waals surface area contributed by atoms with Crippen LogP contribution in [-0.2, 0) is 32.6 Å². The number of rotatable bonds is 13. The quantitative estimate of drug-likeness (QED) is 0.191. The van der Waals surface area contributed by atoms with Crippen molar-refractivity contribution < 1.29 is 18.0 Å². The smallest absolute Gasteiger partial charge is 0.264 e. The van der Waals surface area contributed by atoms with Crippen LogP contribution in [0.3, 0.4) is 0 Å². The summed E-state index contributed by atoms with van der Waals surface area (Å²) in [6.07, 6.45) is 0.275. The molecular weight excluding hydrogens is 582 g/mol. The van der Waals surface area contributed by atoms with Gasteiger partial charge in [-0.15, -0.1) is 0 Å². The molecule has 4 aromatic carbocycles. The fraction of sp³-hybridized carbons (Fsp3) is 0.297. The highest BCUT2D eigenvalue weighted by Gasteiger charge is 2.35. The number of hydrogen-bond acceptors (Lipinski definition) is 4. The van der Waals surface area contributed by atoms with E-state index in [2.05, 4.69) is 5.32 Å². The molecule has 4 aromatic rings. The molecule has 0 aliphatic rings. The van der Waals surface area contributed by atoms with E-state index in [1.165, 1.54) is 21.3 Å². The molecule has 0 aromatic heterocycles. The Balaban J connectivity index is 1.82. The summed E-state index contributed by atoms with van der Waals surface area (Å²) < 4.78 is 29.6. The van der Waals surface area contributed by atoms with E-state index in [0.29, 0.717) is 12.2 Å². The number of aryl methyl sites for hydroxylation is 2. The Hall–Kier alpha value is -4.43. The molecule has 0 aliphatic heterocycles. The number of amides is 2. The van der Waals surface area contributed by atoms with Gasteiger partial charge < -0.3 is 10.2 Å². The largest absolute Gasteiger partial charge is 0.354 e. The van der Waals surface area contributed by atoms with Crippen LogP contribution >= 0.6 is 0 Å². The lowest BCUT2D eigenvalue weighted by atomic mass is 10.0. The molecule has 0 spiro atoms. The number of nitrogens with zero attached hydrogens (tertiary/aromatic N) is 2. The topological polar surface area (TPSA) is 86.8 Å². The number of nitrogens with one attached hydrogen (secondary N) is 1. The minimum Gasteiger partial charge on any atom is -0.354 e. The average Bonchev–Trinajstić information content (AvgIpc) is 3.02. The molecular formula is C37H43N3O4S. The van der Waals surface area contributed by atoms with Gasteiger partial charge in [0.2, 0.25) is 11.8 Å². The van der Waals surface area contributed by atoms with Gasteiger partial charge in [-0.25, -0.2) is 8.42 Å². The zero-order valence-corrected chi connectivity index (χ0v) is 27.6. The summed E-state index contributed by atoms with van der Waals surface area (Å²) in [6.45, 7) is 9.87. The number of carbonyl (C=O) groups is 2. The van der Waals surface area contributed by atoms with Crippen LogP contribution in [0.25, 0.3) is 0 Å². The second kappa shape index (κ2) is 15.0. The van der Waals surface area contributed by atoms with Gasteiger partial charge in [0.15, 0.2) is 0 Å². The molecule has 0 fully saturated rings. The predicted molar refractivity (Wildman–Crippen MR) is 180 cm³/mol. The number of anilines is 1. The first-order valence-electron chi connectivity index (χ1n) is 15.3. The normalized spacial score (nSPS) is 12.0. The lowest BCUT2D eigenvalue weighted by Crippen LogP contribution is -2.53. The molecule has 0 bridgehead atoms. The molecule has 7 nitrogen and oxygen atoms in total. The molecule has 45 heavy (non-hydrogen) atoms. The second-order valence-corrected chi connectivity index (χ2v) is 13.8. The zero-order valence-electron chi connectivity index (χ0n) is 26.7. The molecule has 0 saturated heterocycles.